The summed E-state index contributed by atoms with van der Waals surface area (Å²) in [7, 11) is 0. The SMILES string of the molecule is CC1C=CC(CCN2CCCCC2)=CN1.Fc1c(Cl)ccc2c1=CCc1c3c(ccc1=2)=CCCC3. The van der Waals surface area contributed by atoms with Crippen molar-refractivity contribution in [1.29, 1.82) is 0 Å². The number of rotatable bonds is 3. The molecule has 1 atom stereocenters. The molecule has 184 valence electrons. The first kappa shape index (κ1) is 24.3. The molecule has 0 bridgehead atoms. The Balaban J connectivity index is 0.000000152. The average Bonchev–Trinajstić information content (AvgIpc) is 2.91. The van der Waals surface area contributed by atoms with E-state index in [4.69, 9.17) is 11.6 Å². The molecule has 0 radical (unpaired) electrons. The van der Waals surface area contributed by atoms with E-state index in [1.807, 2.05) is 12.1 Å². The fourth-order valence-electron chi connectivity index (χ4n) is 5.66. The van der Waals surface area contributed by atoms with Gasteiger partial charge >= 0.3 is 0 Å². The topological polar surface area (TPSA) is 15.3 Å². The summed E-state index contributed by atoms with van der Waals surface area (Å²) in [5.41, 5.74) is 4.26. The van der Waals surface area contributed by atoms with Gasteiger partial charge in [-0.25, -0.2) is 4.39 Å². The molecule has 2 aliphatic heterocycles. The van der Waals surface area contributed by atoms with Crippen LogP contribution in [0.15, 0.2) is 48.2 Å². The van der Waals surface area contributed by atoms with Crippen molar-refractivity contribution in [1.82, 2.24) is 10.2 Å². The lowest BCUT2D eigenvalue weighted by Gasteiger charge is -2.26. The van der Waals surface area contributed by atoms with Crippen LogP contribution >= 0.6 is 11.6 Å². The van der Waals surface area contributed by atoms with Crippen LogP contribution in [0.4, 0.5) is 4.39 Å². The molecule has 2 aromatic carbocycles. The van der Waals surface area contributed by atoms with E-state index >= 15 is 0 Å². The molecule has 0 aromatic heterocycles. The molecule has 0 spiro atoms. The molecule has 4 heteroatoms. The number of fused-ring (bicyclic) bond motifs is 4. The summed E-state index contributed by atoms with van der Waals surface area (Å²) in [6.07, 6.45) is 20.7. The van der Waals surface area contributed by atoms with Gasteiger partial charge in [0.2, 0.25) is 0 Å². The second kappa shape index (κ2) is 11.1. The van der Waals surface area contributed by atoms with E-state index in [0.717, 1.165) is 24.5 Å². The van der Waals surface area contributed by atoms with Gasteiger partial charge < -0.3 is 10.2 Å². The van der Waals surface area contributed by atoms with Gasteiger partial charge in [-0.3, -0.25) is 0 Å². The van der Waals surface area contributed by atoms with Gasteiger partial charge in [0.15, 0.2) is 0 Å². The van der Waals surface area contributed by atoms with Gasteiger partial charge in [0.05, 0.1) is 5.02 Å². The number of allylic oxidation sites excluding steroid dienone is 1. The monoisotopic (exact) mass is 490 g/mol. The van der Waals surface area contributed by atoms with Gasteiger partial charge in [-0.1, -0.05) is 60.5 Å². The zero-order valence-electron chi connectivity index (χ0n) is 20.8. The number of hydrogen-bond donors (Lipinski definition) is 1. The van der Waals surface area contributed by atoms with E-state index < -0.39 is 0 Å². The molecular weight excluding hydrogens is 455 g/mol. The van der Waals surface area contributed by atoms with E-state index in [-0.39, 0.29) is 10.8 Å². The van der Waals surface area contributed by atoms with Crippen molar-refractivity contribution in [2.45, 2.75) is 64.3 Å². The molecule has 0 amide bonds. The Morgan fingerprint density at radius 2 is 1.83 bits per heavy atom. The molecule has 2 aliphatic carbocycles. The number of piperidine rings is 1. The lowest BCUT2D eigenvalue weighted by Crippen LogP contribution is -2.31. The highest BCUT2D eigenvalue weighted by atomic mass is 35.5. The second-order valence-electron chi connectivity index (χ2n) is 10.2. The standard InChI is InChI=1S/C18H14ClF.C13H22N2/c19-17-10-9-15-14-6-5-11-3-1-2-4-12(11)13(14)7-8-16(15)18(17)20;1-12-5-6-13(11-14-12)7-10-15-8-3-2-4-9-15/h3,5-6,8-10H,1-2,4,7H2;5-6,11-12,14H,2-4,7-10H2,1H3. The molecule has 2 nitrogen and oxygen atoms in total. The van der Waals surface area contributed by atoms with Gasteiger partial charge in [-0.2, -0.15) is 0 Å². The fourth-order valence-corrected chi connectivity index (χ4v) is 5.82. The summed E-state index contributed by atoms with van der Waals surface area (Å²) in [6, 6.07) is 8.41. The van der Waals surface area contributed by atoms with Crippen molar-refractivity contribution in [2.75, 3.05) is 19.6 Å². The van der Waals surface area contributed by atoms with Crippen LogP contribution in [0.25, 0.3) is 12.2 Å². The van der Waals surface area contributed by atoms with Crippen LogP contribution in [0.5, 0.6) is 0 Å². The van der Waals surface area contributed by atoms with Gasteiger partial charge in [-0.15, -0.1) is 0 Å². The number of halogens is 2. The quantitative estimate of drug-likeness (QED) is 0.610. The van der Waals surface area contributed by atoms with Crippen molar-refractivity contribution < 1.29 is 4.39 Å². The third-order valence-corrected chi connectivity index (χ3v) is 7.98. The lowest BCUT2D eigenvalue weighted by molar-refractivity contribution is 0.231. The summed E-state index contributed by atoms with van der Waals surface area (Å²) in [5, 5.41) is 7.72. The molecule has 2 aromatic rings. The van der Waals surface area contributed by atoms with Crippen LogP contribution in [0.1, 0.15) is 56.6 Å². The Morgan fingerprint density at radius 1 is 1.00 bits per heavy atom. The molecule has 2 heterocycles. The van der Waals surface area contributed by atoms with E-state index in [1.165, 1.54) is 78.9 Å². The second-order valence-corrected chi connectivity index (χ2v) is 10.6. The van der Waals surface area contributed by atoms with Crippen LogP contribution in [0.3, 0.4) is 0 Å². The van der Waals surface area contributed by atoms with Crippen LogP contribution < -0.4 is 15.8 Å². The molecule has 35 heavy (non-hydrogen) atoms. The van der Waals surface area contributed by atoms with Crippen LogP contribution in [0.2, 0.25) is 5.02 Å². The van der Waals surface area contributed by atoms with Crippen LogP contribution in [0, 0.1) is 16.3 Å². The number of nitrogens with one attached hydrogen (secondary N) is 1. The highest BCUT2D eigenvalue weighted by molar-refractivity contribution is 6.30. The molecule has 0 saturated carbocycles. The Hall–Kier alpha value is -2.36. The first-order valence-electron chi connectivity index (χ1n) is 13.3. The Kier molecular flexibility index (Phi) is 7.75. The van der Waals surface area contributed by atoms with Gasteiger partial charge in [0.25, 0.3) is 0 Å². The number of nitrogens with zero attached hydrogens (tertiary/aromatic N) is 1. The third kappa shape index (κ3) is 5.57. The van der Waals surface area contributed by atoms with Gasteiger partial charge in [0.1, 0.15) is 5.82 Å². The minimum absolute atomic E-state index is 0.203. The van der Waals surface area contributed by atoms with Crippen molar-refractivity contribution in [3.8, 4) is 0 Å². The zero-order chi connectivity index (χ0) is 24.2. The van der Waals surface area contributed by atoms with E-state index in [9.17, 15) is 4.39 Å². The number of benzene rings is 2. The first-order valence-corrected chi connectivity index (χ1v) is 13.6. The molecule has 1 N–H and O–H groups in total. The molecule has 6 rings (SSSR count). The van der Waals surface area contributed by atoms with Gasteiger partial charge in [0, 0.05) is 24.0 Å². The Morgan fingerprint density at radius 3 is 2.63 bits per heavy atom. The molecule has 1 fully saturated rings. The number of likely N-dealkylation sites (tertiary alicyclic amines) is 1. The Labute approximate surface area is 213 Å². The highest BCUT2D eigenvalue weighted by Gasteiger charge is 2.14. The molecule has 1 unspecified atom stereocenters. The summed E-state index contributed by atoms with van der Waals surface area (Å²) in [4.78, 5) is 2.59. The molecule has 1 saturated heterocycles. The first-order chi connectivity index (χ1) is 17.1. The van der Waals surface area contributed by atoms with Crippen molar-refractivity contribution in [3.05, 3.63) is 91.0 Å². The summed E-state index contributed by atoms with van der Waals surface area (Å²) in [5.74, 6) is -0.293. The summed E-state index contributed by atoms with van der Waals surface area (Å²) < 4.78 is 14.1. The minimum Gasteiger partial charge on any atom is -0.385 e. The Bertz CT molecular complexity index is 1350. The average molecular weight is 491 g/mol. The maximum Gasteiger partial charge on any atom is 0.149 e. The van der Waals surface area contributed by atoms with E-state index in [0.29, 0.717) is 11.3 Å². The van der Waals surface area contributed by atoms with Crippen LogP contribution in [-0.4, -0.2) is 30.6 Å². The third-order valence-electron chi connectivity index (χ3n) is 7.69. The number of hydrogen-bond acceptors (Lipinski definition) is 2. The fraction of sp³-hybridized carbons (Fsp3) is 0.419. The zero-order valence-corrected chi connectivity index (χ0v) is 21.5. The van der Waals surface area contributed by atoms with E-state index in [2.05, 4.69) is 53.7 Å². The largest absolute Gasteiger partial charge is 0.385 e. The normalized spacial score (nSPS) is 20.5. The summed E-state index contributed by atoms with van der Waals surface area (Å²) in [6.45, 7) is 6.02. The van der Waals surface area contributed by atoms with Crippen molar-refractivity contribution in [2.24, 2.45) is 0 Å². The predicted octanol–water partition coefficient (Wildman–Crippen LogP) is 5.51. The maximum absolute atomic E-state index is 14.1. The summed E-state index contributed by atoms with van der Waals surface area (Å²) >= 11 is 5.89. The molecular formula is C31H36ClFN2. The molecule has 4 aliphatic rings. The maximum atomic E-state index is 14.1. The minimum atomic E-state index is -0.293. The smallest absolute Gasteiger partial charge is 0.149 e. The highest BCUT2D eigenvalue weighted by Crippen LogP contribution is 2.19. The van der Waals surface area contributed by atoms with Gasteiger partial charge in [-0.05, 0) is 103 Å². The predicted molar refractivity (Wildman–Crippen MR) is 145 cm³/mol. The van der Waals surface area contributed by atoms with E-state index in [1.54, 1.807) is 6.07 Å². The lowest BCUT2D eigenvalue weighted by atomic mass is 9.89. The number of dihydropyridines is 1. The van der Waals surface area contributed by atoms with Crippen LogP contribution in [-0.2, 0) is 12.8 Å². The van der Waals surface area contributed by atoms with Crippen molar-refractivity contribution in [3.63, 3.8) is 0 Å². The van der Waals surface area contributed by atoms with Crippen molar-refractivity contribution >= 4 is 23.8 Å².